The maximum atomic E-state index is 11.8. The molecule has 0 bridgehead atoms. The van der Waals surface area contributed by atoms with E-state index in [0.29, 0.717) is 11.1 Å². The van der Waals surface area contributed by atoms with Crippen LogP contribution in [-0.4, -0.2) is 18.1 Å². The Morgan fingerprint density at radius 1 is 1.39 bits per heavy atom. The topological polar surface area (TPSA) is 72.3 Å². The minimum atomic E-state index is -0.499. The molecule has 2 rings (SSSR count). The van der Waals surface area contributed by atoms with Crippen LogP contribution in [-0.2, 0) is 9.53 Å². The number of carbonyl (C=O) groups is 1. The van der Waals surface area contributed by atoms with Gasteiger partial charge < -0.3 is 9.15 Å². The number of benzene rings is 1. The zero-order valence-electron chi connectivity index (χ0n) is 10.5. The Bertz CT molecular complexity index is 623. The van der Waals surface area contributed by atoms with E-state index in [0.717, 1.165) is 5.56 Å². The van der Waals surface area contributed by atoms with Crippen LogP contribution in [0.3, 0.4) is 0 Å². The fourth-order valence-corrected chi connectivity index (χ4v) is 2.08. The molecule has 0 aliphatic heterocycles. The molecule has 1 atom stereocenters. The van der Waals surface area contributed by atoms with Crippen LogP contribution in [0.1, 0.15) is 25.3 Å². The molecule has 0 radical (unpaired) electrons. The van der Waals surface area contributed by atoms with Crippen LogP contribution in [0.15, 0.2) is 27.4 Å². The van der Waals surface area contributed by atoms with Gasteiger partial charge in [-0.15, -0.1) is 0 Å². The summed E-state index contributed by atoms with van der Waals surface area (Å²) in [4.78, 5) is 25.4. The summed E-state index contributed by atoms with van der Waals surface area (Å²) in [6.45, 7) is 3.90. The third-order valence-corrected chi connectivity index (χ3v) is 2.92. The molecule has 1 aromatic carbocycles. The fraction of sp³-hybridized carbons (Fsp3) is 0.385. The van der Waals surface area contributed by atoms with Crippen LogP contribution in [0, 0.1) is 5.92 Å². The minimum absolute atomic E-state index is 0.105. The highest BCUT2D eigenvalue weighted by molar-refractivity contribution is 5.81. The van der Waals surface area contributed by atoms with Crippen LogP contribution < -0.4 is 5.76 Å². The lowest BCUT2D eigenvalue weighted by Crippen LogP contribution is -2.19. The smallest absolute Gasteiger partial charge is 0.417 e. The Balaban J connectivity index is 2.50. The number of fused-ring (bicyclic) bond motifs is 1. The van der Waals surface area contributed by atoms with Gasteiger partial charge in [0, 0.05) is 0 Å². The highest BCUT2D eigenvalue weighted by Gasteiger charge is 2.25. The van der Waals surface area contributed by atoms with Crippen molar-refractivity contribution in [2.75, 3.05) is 7.11 Å². The summed E-state index contributed by atoms with van der Waals surface area (Å²) >= 11 is 0. The number of esters is 1. The van der Waals surface area contributed by atoms with Gasteiger partial charge in [-0.25, -0.2) is 4.79 Å². The lowest BCUT2D eigenvalue weighted by atomic mass is 9.88. The van der Waals surface area contributed by atoms with Gasteiger partial charge >= 0.3 is 11.7 Å². The Morgan fingerprint density at radius 3 is 2.72 bits per heavy atom. The monoisotopic (exact) mass is 249 g/mol. The highest BCUT2D eigenvalue weighted by Crippen LogP contribution is 2.27. The van der Waals surface area contributed by atoms with Crippen molar-refractivity contribution in [1.82, 2.24) is 4.98 Å². The zero-order valence-corrected chi connectivity index (χ0v) is 10.5. The molecule has 0 amide bonds. The number of H-pyrrole nitrogens is 1. The average Bonchev–Trinajstić information content (AvgIpc) is 2.68. The maximum Gasteiger partial charge on any atom is 0.417 e. The summed E-state index contributed by atoms with van der Waals surface area (Å²) in [5.41, 5.74) is 1.88. The van der Waals surface area contributed by atoms with Gasteiger partial charge in [-0.05, 0) is 23.6 Å². The molecule has 2 aromatic rings. The third-order valence-electron chi connectivity index (χ3n) is 2.92. The number of oxazole rings is 1. The Hall–Kier alpha value is -2.04. The number of hydrogen-bond acceptors (Lipinski definition) is 4. The van der Waals surface area contributed by atoms with Crippen molar-refractivity contribution < 1.29 is 13.9 Å². The number of aromatic amines is 1. The van der Waals surface area contributed by atoms with Crippen LogP contribution in [0.4, 0.5) is 0 Å². The number of nitrogens with one attached hydrogen (secondary N) is 1. The van der Waals surface area contributed by atoms with Gasteiger partial charge in [0.05, 0.1) is 18.5 Å². The first-order valence-electron chi connectivity index (χ1n) is 5.73. The molecular weight excluding hydrogens is 234 g/mol. The summed E-state index contributed by atoms with van der Waals surface area (Å²) < 4.78 is 9.73. The van der Waals surface area contributed by atoms with Gasteiger partial charge in [0.1, 0.15) is 0 Å². The Kier molecular flexibility index (Phi) is 3.23. The van der Waals surface area contributed by atoms with Crippen molar-refractivity contribution in [3.8, 4) is 0 Å². The summed E-state index contributed by atoms with van der Waals surface area (Å²) in [5.74, 6) is -1.03. The van der Waals surface area contributed by atoms with Gasteiger partial charge in [0.15, 0.2) is 5.58 Å². The molecule has 0 saturated heterocycles. The molecule has 18 heavy (non-hydrogen) atoms. The molecule has 0 aliphatic carbocycles. The molecule has 5 heteroatoms. The molecule has 0 fully saturated rings. The second-order valence-electron chi connectivity index (χ2n) is 4.51. The van der Waals surface area contributed by atoms with Crippen molar-refractivity contribution >= 4 is 17.1 Å². The number of methoxy groups -OCH3 is 1. The first kappa shape index (κ1) is 12.4. The van der Waals surface area contributed by atoms with Gasteiger partial charge in [0.25, 0.3) is 0 Å². The summed E-state index contributed by atoms with van der Waals surface area (Å²) in [7, 11) is 1.37. The normalized spacial score (nSPS) is 12.9. The first-order valence-corrected chi connectivity index (χ1v) is 5.73. The second-order valence-corrected chi connectivity index (χ2v) is 4.51. The molecule has 1 unspecified atom stereocenters. The van der Waals surface area contributed by atoms with Gasteiger partial charge in [-0.3, -0.25) is 9.78 Å². The first-order chi connectivity index (χ1) is 8.52. The quantitative estimate of drug-likeness (QED) is 0.845. The standard InChI is InChI=1S/C13H15NO4/c1-7(2)11(12(15)17-3)8-4-5-10-9(6-8)14-13(16)18-10/h4-7,11H,1-3H3,(H,14,16). The van der Waals surface area contributed by atoms with E-state index in [1.54, 1.807) is 18.2 Å². The number of hydrogen-bond donors (Lipinski definition) is 1. The van der Waals surface area contributed by atoms with E-state index in [1.807, 2.05) is 13.8 Å². The number of rotatable bonds is 3. The minimum Gasteiger partial charge on any atom is -0.469 e. The van der Waals surface area contributed by atoms with Crippen LogP contribution >= 0.6 is 0 Å². The van der Waals surface area contributed by atoms with E-state index in [9.17, 15) is 9.59 Å². The SMILES string of the molecule is COC(=O)C(c1ccc2oc(=O)[nH]c2c1)C(C)C. The van der Waals surface area contributed by atoms with Crippen molar-refractivity contribution in [2.45, 2.75) is 19.8 Å². The van der Waals surface area contributed by atoms with E-state index < -0.39 is 5.76 Å². The van der Waals surface area contributed by atoms with Crippen molar-refractivity contribution in [1.29, 1.82) is 0 Å². The van der Waals surface area contributed by atoms with Gasteiger partial charge in [-0.2, -0.15) is 0 Å². The van der Waals surface area contributed by atoms with E-state index in [1.165, 1.54) is 7.11 Å². The summed E-state index contributed by atoms with van der Waals surface area (Å²) in [6.07, 6.45) is 0. The van der Waals surface area contributed by atoms with Crippen molar-refractivity contribution in [2.24, 2.45) is 5.92 Å². The Morgan fingerprint density at radius 2 is 2.11 bits per heavy atom. The lowest BCUT2D eigenvalue weighted by molar-refractivity contribution is -0.143. The predicted octanol–water partition coefficient (Wildman–Crippen LogP) is 2.03. The number of ether oxygens (including phenoxy) is 1. The van der Waals surface area contributed by atoms with E-state index in [-0.39, 0.29) is 17.8 Å². The fourth-order valence-electron chi connectivity index (χ4n) is 2.08. The molecule has 0 saturated carbocycles. The largest absolute Gasteiger partial charge is 0.469 e. The molecule has 96 valence electrons. The maximum absolute atomic E-state index is 11.8. The number of aromatic nitrogens is 1. The molecule has 1 heterocycles. The molecular formula is C13H15NO4. The predicted molar refractivity (Wildman–Crippen MR) is 66.4 cm³/mol. The molecule has 1 aromatic heterocycles. The van der Waals surface area contributed by atoms with Crippen LogP contribution in [0.2, 0.25) is 0 Å². The van der Waals surface area contributed by atoms with Crippen molar-refractivity contribution in [3.05, 3.63) is 34.3 Å². The summed E-state index contributed by atoms with van der Waals surface area (Å²) in [6, 6.07) is 5.21. The molecule has 0 spiro atoms. The molecule has 1 N–H and O–H groups in total. The highest BCUT2D eigenvalue weighted by atomic mass is 16.5. The zero-order chi connectivity index (χ0) is 13.3. The number of carbonyl (C=O) groups excluding carboxylic acids is 1. The van der Waals surface area contributed by atoms with E-state index in [2.05, 4.69) is 4.98 Å². The van der Waals surface area contributed by atoms with E-state index >= 15 is 0 Å². The third kappa shape index (κ3) is 2.16. The lowest BCUT2D eigenvalue weighted by Gasteiger charge is -2.18. The molecule has 0 aliphatic rings. The molecule has 5 nitrogen and oxygen atoms in total. The summed E-state index contributed by atoms with van der Waals surface area (Å²) in [5, 5.41) is 0. The van der Waals surface area contributed by atoms with Crippen molar-refractivity contribution in [3.63, 3.8) is 0 Å². The van der Waals surface area contributed by atoms with Crippen LogP contribution in [0.5, 0.6) is 0 Å². The second kappa shape index (κ2) is 4.68. The van der Waals surface area contributed by atoms with Gasteiger partial charge in [-0.1, -0.05) is 19.9 Å². The van der Waals surface area contributed by atoms with Crippen LogP contribution in [0.25, 0.3) is 11.1 Å². The van der Waals surface area contributed by atoms with E-state index in [4.69, 9.17) is 9.15 Å². The average molecular weight is 249 g/mol. The Labute approximate surface area is 104 Å². The van der Waals surface area contributed by atoms with Gasteiger partial charge in [0.2, 0.25) is 0 Å².